The zero-order valence-electron chi connectivity index (χ0n) is 8.54. The summed E-state index contributed by atoms with van der Waals surface area (Å²) >= 11 is 3.12. The fourth-order valence-corrected chi connectivity index (χ4v) is 1.67. The van der Waals surface area contributed by atoms with Crippen molar-refractivity contribution in [3.63, 3.8) is 0 Å². The highest BCUT2D eigenvalue weighted by atomic mass is 79.9. The largest absolute Gasteiger partial charge is 0.461 e. The van der Waals surface area contributed by atoms with Crippen molar-refractivity contribution in [1.82, 2.24) is 0 Å². The molecule has 16 heavy (non-hydrogen) atoms. The minimum Gasteiger partial charge on any atom is -0.461 e. The van der Waals surface area contributed by atoms with Crippen LogP contribution in [0.2, 0.25) is 0 Å². The van der Waals surface area contributed by atoms with Crippen LogP contribution in [0.25, 0.3) is 0 Å². The van der Waals surface area contributed by atoms with Crippen LogP contribution in [0.4, 0.5) is 4.39 Å². The summed E-state index contributed by atoms with van der Waals surface area (Å²) in [4.78, 5) is 11.5. The molecule has 4 nitrogen and oxygen atoms in total. The zero-order valence-corrected chi connectivity index (χ0v) is 10.1. The number of ether oxygens (including phenoxy) is 1. The second-order valence-electron chi connectivity index (χ2n) is 2.79. The van der Waals surface area contributed by atoms with Crippen LogP contribution in [0.5, 0.6) is 0 Å². The number of nitrogens with zero attached hydrogens (tertiary/aromatic N) is 1. The quantitative estimate of drug-likeness (QED) is 0.399. The molecule has 0 aromatic heterocycles. The maximum Gasteiger partial charge on any atom is 0.359 e. The van der Waals surface area contributed by atoms with Crippen LogP contribution < -0.4 is 5.84 Å². The summed E-state index contributed by atoms with van der Waals surface area (Å²) < 4.78 is 18.6. The van der Waals surface area contributed by atoms with Crippen molar-refractivity contribution in [2.75, 3.05) is 6.61 Å². The fraction of sp³-hybridized carbons (Fsp3) is 0.200. The van der Waals surface area contributed by atoms with Gasteiger partial charge in [0, 0.05) is 4.47 Å². The molecule has 6 heteroatoms. The summed E-state index contributed by atoms with van der Waals surface area (Å²) in [5, 5.41) is 3.27. The highest BCUT2D eigenvalue weighted by molar-refractivity contribution is 9.10. The SMILES string of the molecule is CCOC(=O)C(=NN)c1c(F)cccc1Br. The average molecular weight is 289 g/mol. The van der Waals surface area contributed by atoms with E-state index in [4.69, 9.17) is 10.6 Å². The van der Waals surface area contributed by atoms with Gasteiger partial charge in [-0.05, 0) is 35.0 Å². The third-order valence-electron chi connectivity index (χ3n) is 1.80. The normalized spacial score (nSPS) is 11.3. The number of carbonyl (C=O) groups excluding carboxylic acids is 1. The molecule has 0 heterocycles. The number of hydrogen-bond donors (Lipinski definition) is 1. The molecule has 0 aliphatic heterocycles. The second kappa shape index (κ2) is 5.60. The Hall–Kier alpha value is -1.43. The molecular weight excluding hydrogens is 279 g/mol. The first-order chi connectivity index (χ1) is 7.61. The monoisotopic (exact) mass is 288 g/mol. The lowest BCUT2D eigenvalue weighted by Gasteiger charge is -2.07. The molecule has 0 unspecified atom stereocenters. The first-order valence-corrected chi connectivity index (χ1v) is 5.30. The molecule has 0 aliphatic rings. The number of benzene rings is 1. The standard InChI is InChI=1S/C10H10BrFN2O2/c1-2-16-10(15)9(14-13)8-6(11)4-3-5-7(8)12/h3-5H,2,13H2,1H3. The maximum absolute atomic E-state index is 13.5. The Morgan fingerprint density at radius 2 is 2.31 bits per heavy atom. The summed E-state index contributed by atoms with van der Waals surface area (Å²) in [6.07, 6.45) is 0. The molecule has 2 N–H and O–H groups in total. The van der Waals surface area contributed by atoms with E-state index in [-0.39, 0.29) is 17.9 Å². The first-order valence-electron chi connectivity index (χ1n) is 4.51. The van der Waals surface area contributed by atoms with Crippen molar-refractivity contribution in [2.45, 2.75) is 6.92 Å². The van der Waals surface area contributed by atoms with Gasteiger partial charge in [-0.25, -0.2) is 9.18 Å². The average Bonchev–Trinajstić information content (AvgIpc) is 2.24. The van der Waals surface area contributed by atoms with Crippen LogP contribution in [0, 0.1) is 5.82 Å². The van der Waals surface area contributed by atoms with Crippen molar-refractivity contribution < 1.29 is 13.9 Å². The first kappa shape index (κ1) is 12.6. The Morgan fingerprint density at radius 1 is 1.62 bits per heavy atom. The molecule has 86 valence electrons. The molecular formula is C10H10BrFN2O2. The van der Waals surface area contributed by atoms with E-state index in [0.29, 0.717) is 4.47 Å². The molecule has 0 saturated carbocycles. The predicted octanol–water partition coefficient (Wildman–Crippen LogP) is 1.81. The molecule has 1 rings (SSSR count). The van der Waals surface area contributed by atoms with Crippen molar-refractivity contribution in [2.24, 2.45) is 10.9 Å². The van der Waals surface area contributed by atoms with Crippen molar-refractivity contribution in [3.05, 3.63) is 34.1 Å². The lowest BCUT2D eigenvalue weighted by atomic mass is 10.1. The Labute approximate surface area is 100 Å². The minimum atomic E-state index is -0.754. The summed E-state index contributed by atoms with van der Waals surface area (Å²) in [7, 11) is 0. The smallest absolute Gasteiger partial charge is 0.359 e. The van der Waals surface area contributed by atoms with Crippen LogP contribution in [-0.4, -0.2) is 18.3 Å². The van der Waals surface area contributed by atoms with Gasteiger partial charge in [-0.1, -0.05) is 6.07 Å². The molecule has 0 spiro atoms. The van der Waals surface area contributed by atoms with E-state index in [9.17, 15) is 9.18 Å². The van der Waals surface area contributed by atoms with Gasteiger partial charge < -0.3 is 10.6 Å². The Bertz CT molecular complexity index is 415. The van der Waals surface area contributed by atoms with Crippen molar-refractivity contribution >= 4 is 27.6 Å². The Morgan fingerprint density at radius 3 is 2.81 bits per heavy atom. The van der Waals surface area contributed by atoms with E-state index in [2.05, 4.69) is 21.0 Å². The van der Waals surface area contributed by atoms with Gasteiger partial charge in [-0.3, -0.25) is 0 Å². The number of hydrogen-bond acceptors (Lipinski definition) is 4. The number of rotatable bonds is 3. The van der Waals surface area contributed by atoms with Gasteiger partial charge in [-0.2, -0.15) is 5.10 Å². The molecule has 1 aromatic rings. The zero-order chi connectivity index (χ0) is 12.1. The van der Waals surface area contributed by atoms with E-state index in [1.165, 1.54) is 12.1 Å². The summed E-state index contributed by atoms with van der Waals surface area (Å²) in [5.74, 6) is 3.73. The lowest BCUT2D eigenvalue weighted by molar-refractivity contribution is -0.134. The minimum absolute atomic E-state index is 0.00319. The van der Waals surface area contributed by atoms with Gasteiger partial charge in [-0.15, -0.1) is 0 Å². The Balaban J connectivity index is 3.20. The van der Waals surface area contributed by atoms with E-state index >= 15 is 0 Å². The third-order valence-corrected chi connectivity index (χ3v) is 2.46. The van der Waals surface area contributed by atoms with Gasteiger partial charge >= 0.3 is 5.97 Å². The summed E-state index contributed by atoms with van der Waals surface area (Å²) in [6, 6.07) is 4.30. The van der Waals surface area contributed by atoms with E-state index < -0.39 is 11.8 Å². The summed E-state index contributed by atoms with van der Waals surface area (Å²) in [6.45, 7) is 1.81. The van der Waals surface area contributed by atoms with Crippen LogP contribution in [0.3, 0.4) is 0 Å². The highest BCUT2D eigenvalue weighted by Crippen LogP contribution is 2.20. The molecule has 0 radical (unpaired) electrons. The maximum atomic E-state index is 13.5. The number of halogens is 2. The highest BCUT2D eigenvalue weighted by Gasteiger charge is 2.21. The molecule has 0 fully saturated rings. The molecule has 0 amide bonds. The van der Waals surface area contributed by atoms with Gasteiger partial charge in [0.1, 0.15) is 5.82 Å². The molecule has 0 saturated heterocycles. The predicted molar refractivity (Wildman–Crippen MR) is 61.5 cm³/mol. The van der Waals surface area contributed by atoms with Gasteiger partial charge in [0.25, 0.3) is 0 Å². The van der Waals surface area contributed by atoms with Gasteiger partial charge in [0.05, 0.1) is 12.2 Å². The lowest BCUT2D eigenvalue weighted by Crippen LogP contribution is -2.22. The third kappa shape index (κ3) is 2.57. The molecule has 0 atom stereocenters. The number of esters is 1. The van der Waals surface area contributed by atoms with Crippen LogP contribution >= 0.6 is 15.9 Å². The van der Waals surface area contributed by atoms with Gasteiger partial charge in [0.15, 0.2) is 5.71 Å². The van der Waals surface area contributed by atoms with Crippen LogP contribution in [0.1, 0.15) is 12.5 Å². The van der Waals surface area contributed by atoms with E-state index in [1.807, 2.05) is 0 Å². The number of nitrogens with two attached hydrogens (primary N) is 1. The van der Waals surface area contributed by atoms with Crippen LogP contribution in [-0.2, 0) is 9.53 Å². The fourth-order valence-electron chi connectivity index (χ4n) is 1.14. The molecule has 0 aliphatic carbocycles. The van der Waals surface area contributed by atoms with E-state index in [0.717, 1.165) is 0 Å². The topological polar surface area (TPSA) is 64.7 Å². The number of carbonyl (C=O) groups is 1. The molecule has 1 aromatic carbocycles. The summed E-state index contributed by atoms with van der Waals surface area (Å²) in [5.41, 5.74) is -0.240. The van der Waals surface area contributed by atoms with Crippen molar-refractivity contribution in [1.29, 1.82) is 0 Å². The molecule has 0 bridgehead atoms. The van der Waals surface area contributed by atoms with Gasteiger partial charge in [0.2, 0.25) is 0 Å². The van der Waals surface area contributed by atoms with E-state index in [1.54, 1.807) is 13.0 Å². The number of hydrazone groups is 1. The van der Waals surface area contributed by atoms with Crippen LogP contribution in [0.15, 0.2) is 27.8 Å². The Kier molecular flexibility index (Phi) is 4.42. The van der Waals surface area contributed by atoms with Crippen molar-refractivity contribution in [3.8, 4) is 0 Å². The second-order valence-corrected chi connectivity index (χ2v) is 3.65.